The quantitative estimate of drug-likeness (QED) is 0.828. The number of rotatable bonds is 5. The third kappa shape index (κ3) is 3.68. The largest absolute Gasteiger partial charge is 0.454 e. The topological polar surface area (TPSA) is 48.0 Å². The van der Waals surface area contributed by atoms with Crippen LogP contribution in [0.25, 0.3) is 0 Å². The molecule has 26 heavy (non-hydrogen) atoms. The molecule has 0 unspecified atom stereocenters. The van der Waals surface area contributed by atoms with Gasteiger partial charge in [-0.15, -0.1) is 0 Å². The summed E-state index contributed by atoms with van der Waals surface area (Å²) in [6.45, 7) is 4.63. The van der Waals surface area contributed by atoms with Crippen LogP contribution in [0.15, 0.2) is 42.5 Å². The minimum Gasteiger partial charge on any atom is -0.454 e. The van der Waals surface area contributed by atoms with Crippen molar-refractivity contribution in [3.8, 4) is 11.5 Å². The van der Waals surface area contributed by atoms with Gasteiger partial charge < -0.3 is 19.1 Å². The van der Waals surface area contributed by atoms with E-state index in [9.17, 15) is 4.79 Å². The van der Waals surface area contributed by atoms with E-state index in [1.54, 1.807) is 0 Å². The van der Waals surface area contributed by atoms with Crippen LogP contribution in [0.1, 0.15) is 23.1 Å². The Morgan fingerprint density at radius 3 is 2.54 bits per heavy atom. The highest BCUT2D eigenvalue weighted by molar-refractivity contribution is 5.79. The molecule has 2 aliphatic heterocycles. The second-order valence-electron chi connectivity index (χ2n) is 6.93. The fourth-order valence-electron chi connectivity index (χ4n) is 3.37. The van der Waals surface area contributed by atoms with Crippen LogP contribution in [0.5, 0.6) is 11.5 Å². The summed E-state index contributed by atoms with van der Waals surface area (Å²) in [5.74, 6) is 1.61. The number of hydrogen-bond acceptors (Lipinski definition) is 4. The van der Waals surface area contributed by atoms with Gasteiger partial charge in [0.1, 0.15) is 0 Å². The van der Waals surface area contributed by atoms with Gasteiger partial charge in [-0.05, 0) is 36.6 Å². The number of aryl methyl sites for hydroxylation is 1. The van der Waals surface area contributed by atoms with E-state index < -0.39 is 0 Å². The molecule has 4 rings (SSSR count). The highest BCUT2D eigenvalue weighted by atomic mass is 16.7. The third-order valence-electron chi connectivity index (χ3n) is 4.90. The lowest BCUT2D eigenvalue weighted by Crippen LogP contribution is -2.35. The number of fused-ring (bicyclic) bond motifs is 1. The van der Waals surface area contributed by atoms with Crippen molar-refractivity contribution < 1.29 is 19.0 Å². The van der Waals surface area contributed by atoms with Gasteiger partial charge in [-0.3, -0.25) is 4.79 Å². The first-order chi connectivity index (χ1) is 12.7. The van der Waals surface area contributed by atoms with Crippen molar-refractivity contribution in [2.75, 3.05) is 20.0 Å². The second-order valence-corrected chi connectivity index (χ2v) is 6.93. The van der Waals surface area contributed by atoms with Crippen LogP contribution in [0.3, 0.4) is 0 Å². The Kier molecular flexibility index (Phi) is 4.80. The summed E-state index contributed by atoms with van der Waals surface area (Å²) >= 11 is 0. The van der Waals surface area contributed by atoms with Gasteiger partial charge in [-0.2, -0.15) is 0 Å². The van der Waals surface area contributed by atoms with E-state index in [0.29, 0.717) is 26.3 Å². The highest BCUT2D eigenvalue weighted by Crippen LogP contribution is 2.33. The molecule has 1 fully saturated rings. The van der Waals surface area contributed by atoms with E-state index in [4.69, 9.17) is 14.2 Å². The number of hydrogen-bond donors (Lipinski definition) is 0. The first-order valence-electron chi connectivity index (χ1n) is 8.99. The lowest BCUT2D eigenvalue weighted by Gasteiger charge is -2.26. The SMILES string of the molecule is Cc1ccc(CN(Cc2ccc3c(c2)OCO3)C(=O)[C@@H]2CCOC2)cc1. The number of carbonyl (C=O) groups excluding carboxylic acids is 1. The van der Waals surface area contributed by atoms with Crippen molar-refractivity contribution in [1.82, 2.24) is 4.90 Å². The summed E-state index contributed by atoms with van der Waals surface area (Å²) < 4.78 is 16.3. The molecule has 1 amide bonds. The van der Waals surface area contributed by atoms with E-state index in [1.165, 1.54) is 5.56 Å². The Morgan fingerprint density at radius 2 is 1.77 bits per heavy atom. The van der Waals surface area contributed by atoms with Gasteiger partial charge in [0.15, 0.2) is 11.5 Å². The Morgan fingerprint density at radius 1 is 1.04 bits per heavy atom. The molecule has 1 saturated heterocycles. The molecule has 0 spiro atoms. The monoisotopic (exact) mass is 353 g/mol. The first-order valence-corrected chi connectivity index (χ1v) is 8.99. The maximum absolute atomic E-state index is 13.0. The van der Waals surface area contributed by atoms with Gasteiger partial charge in [-0.25, -0.2) is 0 Å². The van der Waals surface area contributed by atoms with Gasteiger partial charge in [0.25, 0.3) is 0 Å². The summed E-state index contributed by atoms with van der Waals surface area (Å²) in [6, 6.07) is 14.2. The normalized spacial score (nSPS) is 18.1. The Balaban J connectivity index is 1.55. The Hall–Kier alpha value is -2.53. The van der Waals surface area contributed by atoms with Crippen LogP contribution >= 0.6 is 0 Å². The number of nitrogens with zero attached hydrogens (tertiary/aromatic N) is 1. The number of amides is 1. The molecule has 2 aromatic carbocycles. The van der Waals surface area contributed by atoms with Crippen LogP contribution in [0.4, 0.5) is 0 Å². The summed E-state index contributed by atoms with van der Waals surface area (Å²) in [4.78, 5) is 15.0. The van der Waals surface area contributed by atoms with Crippen LogP contribution in [0, 0.1) is 12.8 Å². The molecule has 5 nitrogen and oxygen atoms in total. The summed E-state index contributed by atoms with van der Waals surface area (Å²) in [6.07, 6.45) is 0.796. The Labute approximate surface area is 153 Å². The van der Waals surface area contributed by atoms with Crippen LogP contribution < -0.4 is 9.47 Å². The molecular weight excluding hydrogens is 330 g/mol. The summed E-state index contributed by atoms with van der Waals surface area (Å²) in [7, 11) is 0. The zero-order valence-electron chi connectivity index (χ0n) is 14.9. The van der Waals surface area contributed by atoms with Gasteiger partial charge in [0.2, 0.25) is 12.7 Å². The smallest absolute Gasteiger partial charge is 0.231 e. The van der Waals surface area contributed by atoms with Crippen molar-refractivity contribution in [2.24, 2.45) is 5.92 Å². The molecule has 2 aromatic rings. The van der Waals surface area contributed by atoms with E-state index >= 15 is 0 Å². The van der Waals surface area contributed by atoms with Crippen LogP contribution in [0.2, 0.25) is 0 Å². The van der Waals surface area contributed by atoms with Crippen molar-refractivity contribution in [2.45, 2.75) is 26.4 Å². The first kappa shape index (κ1) is 16.9. The average Bonchev–Trinajstić information content (AvgIpc) is 3.33. The number of benzene rings is 2. The summed E-state index contributed by atoms with van der Waals surface area (Å²) in [5, 5.41) is 0. The minimum atomic E-state index is -0.0468. The van der Waals surface area contributed by atoms with Gasteiger partial charge in [0.05, 0.1) is 12.5 Å². The van der Waals surface area contributed by atoms with E-state index in [-0.39, 0.29) is 18.6 Å². The van der Waals surface area contributed by atoms with Crippen molar-refractivity contribution >= 4 is 5.91 Å². The highest BCUT2D eigenvalue weighted by Gasteiger charge is 2.28. The zero-order chi connectivity index (χ0) is 17.9. The van der Waals surface area contributed by atoms with E-state index in [0.717, 1.165) is 29.0 Å². The fraction of sp³-hybridized carbons (Fsp3) is 0.381. The molecule has 0 saturated carbocycles. The molecule has 2 aliphatic rings. The van der Waals surface area contributed by atoms with Gasteiger partial charge in [0, 0.05) is 19.7 Å². The lowest BCUT2D eigenvalue weighted by atomic mass is 10.1. The summed E-state index contributed by atoms with van der Waals surface area (Å²) in [5.41, 5.74) is 3.38. The number of carbonyl (C=O) groups is 1. The van der Waals surface area contributed by atoms with Crippen LogP contribution in [-0.2, 0) is 22.6 Å². The molecule has 1 atom stereocenters. The predicted molar refractivity (Wildman–Crippen MR) is 96.9 cm³/mol. The van der Waals surface area contributed by atoms with Crippen molar-refractivity contribution in [3.63, 3.8) is 0 Å². The molecule has 0 aliphatic carbocycles. The molecule has 0 radical (unpaired) electrons. The second kappa shape index (κ2) is 7.38. The standard InChI is InChI=1S/C21H23NO4/c1-15-2-4-16(5-3-15)11-22(21(23)18-8-9-24-13-18)12-17-6-7-19-20(10-17)26-14-25-19/h2-7,10,18H,8-9,11-14H2,1H3/t18-/m1/s1. The van der Waals surface area contributed by atoms with E-state index in [2.05, 4.69) is 31.2 Å². The maximum atomic E-state index is 13.0. The molecular formula is C21H23NO4. The lowest BCUT2D eigenvalue weighted by molar-refractivity contribution is -0.136. The van der Waals surface area contributed by atoms with Crippen molar-refractivity contribution in [3.05, 3.63) is 59.2 Å². The average molecular weight is 353 g/mol. The molecule has 2 heterocycles. The van der Waals surface area contributed by atoms with Gasteiger partial charge >= 0.3 is 0 Å². The fourth-order valence-corrected chi connectivity index (χ4v) is 3.37. The molecule has 0 bridgehead atoms. The molecule has 5 heteroatoms. The maximum Gasteiger partial charge on any atom is 0.231 e. The Bertz CT molecular complexity index is 781. The predicted octanol–water partition coefficient (Wildman–Crippen LogP) is 3.29. The van der Waals surface area contributed by atoms with Crippen molar-refractivity contribution in [1.29, 1.82) is 0 Å². The zero-order valence-corrected chi connectivity index (χ0v) is 14.9. The van der Waals surface area contributed by atoms with E-state index in [1.807, 2.05) is 23.1 Å². The molecule has 0 N–H and O–H groups in total. The number of ether oxygens (including phenoxy) is 3. The molecule has 136 valence electrons. The van der Waals surface area contributed by atoms with Gasteiger partial charge in [-0.1, -0.05) is 35.9 Å². The molecule has 0 aromatic heterocycles. The van der Waals surface area contributed by atoms with Crippen LogP contribution in [-0.4, -0.2) is 30.8 Å². The minimum absolute atomic E-state index is 0.0468. The third-order valence-corrected chi connectivity index (χ3v) is 4.90.